The molecule has 5 nitrogen and oxygen atoms in total. The van der Waals surface area contributed by atoms with Gasteiger partial charge in [-0.1, -0.05) is 0 Å². The summed E-state index contributed by atoms with van der Waals surface area (Å²) in [6, 6.07) is -0.858. The number of carboxylic acids is 1. The topological polar surface area (TPSA) is 66.8 Å². The summed E-state index contributed by atoms with van der Waals surface area (Å²) in [5.41, 5.74) is -0.600. The molecule has 16 heavy (non-hydrogen) atoms. The number of carbonyl (C=O) groups is 2. The van der Waals surface area contributed by atoms with Crippen LogP contribution in [0, 0.1) is 6.42 Å². The number of ether oxygens (including phenoxy) is 1. The summed E-state index contributed by atoms with van der Waals surface area (Å²) in [6.07, 6.45) is 2.57. The van der Waals surface area contributed by atoms with E-state index in [4.69, 9.17) is 9.84 Å². The molecule has 1 radical (unpaired) electrons. The highest BCUT2D eigenvalue weighted by Crippen LogP contribution is 2.19. The van der Waals surface area contributed by atoms with Gasteiger partial charge in [0.2, 0.25) is 0 Å². The summed E-state index contributed by atoms with van der Waals surface area (Å²) in [5, 5.41) is 8.98. The van der Waals surface area contributed by atoms with Gasteiger partial charge in [0.05, 0.1) is 0 Å². The minimum atomic E-state index is -1.01. The lowest BCUT2D eigenvalue weighted by Crippen LogP contribution is -2.50. The van der Waals surface area contributed by atoms with Gasteiger partial charge in [0.1, 0.15) is 11.6 Å². The van der Waals surface area contributed by atoms with Crippen molar-refractivity contribution in [3.63, 3.8) is 0 Å². The predicted molar refractivity (Wildman–Crippen MR) is 57.9 cm³/mol. The van der Waals surface area contributed by atoms with Gasteiger partial charge < -0.3 is 9.84 Å². The fourth-order valence-corrected chi connectivity index (χ4v) is 1.56. The number of aliphatic carboxylic acids is 1. The largest absolute Gasteiger partial charge is 0.480 e. The zero-order valence-corrected chi connectivity index (χ0v) is 9.90. The summed E-state index contributed by atoms with van der Waals surface area (Å²) >= 11 is 0. The third kappa shape index (κ3) is 3.40. The number of carbonyl (C=O) groups excluding carboxylic acids is 1. The average Bonchev–Trinajstić information content (AvgIpc) is 2.15. The Morgan fingerprint density at radius 3 is 2.56 bits per heavy atom. The summed E-state index contributed by atoms with van der Waals surface area (Å²) < 4.78 is 5.16. The number of hydrogen-bond acceptors (Lipinski definition) is 3. The van der Waals surface area contributed by atoms with Gasteiger partial charge in [-0.05, 0) is 40.0 Å². The Hall–Kier alpha value is -1.26. The zero-order chi connectivity index (χ0) is 12.3. The van der Waals surface area contributed by atoms with Gasteiger partial charge in [0.25, 0.3) is 0 Å². The van der Waals surface area contributed by atoms with Gasteiger partial charge >= 0.3 is 12.1 Å². The van der Waals surface area contributed by atoms with Crippen LogP contribution in [0.5, 0.6) is 0 Å². The van der Waals surface area contributed by atoms with Crippen LogP contribution < -0.4 is 0 Å². The van der Waals surface area contributed by atoms with Crippen molar-refractivity contribution in [1.29, 1.82) is 0 Å². The van der Waals surface area contributed by atoms with Crippen molar-refractivity contribution in [1.82, 2.24) is 4.90 Å². The van der Waals surface area contributed by atoms with Crippen molar-refractivity contribution < 1.29 is 19.4 Å². The highest BCUT2D eigenvalue weighted by molar-refractivity contribution is 5.81. The van der Waals surface area contributed by atoms with E-state index in [0.29, 0.717) is 6.54 Å². The molecule has 0 saturated carbocycles. The standard InChI is InChI=1S/C11H18NO4/c1-11(2,3)16-10(15)12-7-5-4-6-8(12)9(13)14/h6,8H,4-5,7H2,1-3H3,(H,13,14). The molecule has 1 saturated heterocycles. The first-order chi connectivity index (χ1) is 7.31. The molecule has 1 amide bonds. The molecule has 0 aliphatic carbocycles. The molecule has 0 bridgehead atoms. The van der Waals surface area contributed by atoms with E-state index >= 15 is 0 Å². The first kappa shape index (κ1) is 12.8. The smallest absolute Gasteiger partial charge is 0.411 e. The lowest BCUT2D eigenvalue weighted by molar-refractivity contribution is -0.142. The van der Waals surface area contributed by atoms with E-state index in [0.717, 1.165) is 12.8 Å². The highest BCUT2D eigenvalue weighted by atomic mass is 16.6. The van der Waals surface area contributed by atoms with Crippen LogP contribution in [-0.2, 0) is 9.53 Å². The Bertz CT molecular complexity index is 282. The SMILES string of the molecule is CC(C)(C)OC(=O)N1CCC[CH]C1C(=O)O. The minimum Gasteiger partial charge on any atom is -0.480 e. The van der Waals surface area contributed by atoms with Crippen molar-refractivity contribution >= 4 is 12.1 Å². The van der Waals surface area contributed by atoms with E-state index in [1.165, 1.54) is 4.90 Å². The molecule has 0 aromatic carbocycles. The number of hydrogen-bond donors (Lipinski definition) is 1. The molecule has 0 aromatic rings. The fourth-order valence-electron chi connectivity index (χ4n) is 1.56. The second-order valence-electron chi connectivity index (χ2n) is 4.83. The monoisotopic (exact) mass is 228 g/mol. The summed E-state index contributed by atoms with van der Waals surface area (Å²) in [4.78, 5) is 24.0. The van der Waals surface area contributed by atoms with Gasteiger partial charge in [0, 0.05) is 6.54 Å². The number of likely N-dealkylation sites (tertiary alicyclic amines) is 1. The quantitative estimate of drug-likeness (QED) is 0.741. The third-order valence-corrected chi connectivity index (χ3v) is 2.21. The molecule has 1 aliphatic rings. The molecule has 1 fully saturated rings. The number of amides is 1. The number of nitrogens with zero attached hydrogens (tertiary/aromatic N) is 1. The van der Waals surface area contributed by atoms with Crippen molar-refractivity contribution in [3.8, 4) is 0 Å². The van der Waals surface area contributed by atoms with E-state index < -0.39 is 23.7 Å². The molecule has 1 heterocycles. The van der Waals surface area contributed by atoms with Crippen LogP contribution in [0.4, 0.5) is 4.79 Å². The van der Waals surface area contributed by atoms with Crippen LogP contribution in [0.25, 0.3) is 0 Å². The van der Waals surface area contributed by atoms with Gasteiger partial charge in [-0.25, -0.2) is 9.59 Å². The van der Waals surface area contributed by atoms with Crippen molar-refractivity contribution in [2.75, 3.05) is 6.54 Å². The predicted octanol–water partition coefficient (Wildman–Crippen LogP) is 1.67. The lowest BCUT2D eigenvalue weighted by atomic mass is 10.0. The van der Waals surface area contributed by atoms with Crippen LogP contribution in [0.1, 0.15) is 33.6 Å². The Balaban J connectivity index is 2.68. The van der Waals surface area contributed by atoms with Crippen molar-refractivity contribution in [2.45, 2.75) is 45.3 Å². The molecular formula is C11H18NO4. The van der Waals surface area contributed by atoms with E-state index in [1.807, 2.05) is 0 Å². The average molecular weight is 228 g/mol. The molecule has 0 spiro atoms. The van der Waals surface area contributed by atoms with Crippen LogP contribution in [0.3, 0.4) is 0 Å². The van der Waals surface area contributed by atoms with E-state index in [1.54, 1.807) is 27.2 Å². The summed E-state index contributed by atoms with van der Waals surface area (Å²) in [5.74, 6) is -1.01. The Morgan fingerprint density at radius 1 is 1.44 bits per heavy atom. The van der Waals surface area contributed by atoms with Gasteiger partial charge in [0.15, 0.2) is 0 Å². The fraction of sp³-hybridized carbons (Fsp3) is 0.727. The van der Waals surface area contributed by atoms with Gasteiger partial charge in [-0.3, -0.25) is 4.90 Å². The molecule has 1 rings (SSSR count). The molecule has 0 aromatic heterocycles. The molecule has 1 N–H and O–H groups in total. The molecule has 91 valence electrons. The Kier molecular flexibility index (Phi) is 3.78. The van der Waals surface area contributed by atoms with Crippen LogP contribution >= 0.6 is 0 Å². The van der Waals surface area contributed by atoms with E-state index in [2.05, 4.69) is 0 Å². The van der Waals surface area contributed by atoms with E-state index in [9.17, 15) is 9.59 Å². The number of rotatable bonds is 1. The summed E-state index contributed by atoms with van der Waals surface area (Å²) in [6.45, 7) is 5.71. The molecular weight excluding hydrogens is 210 g/mol. The first-order valence-corrected chi connectivity index (χ1v) is 5.37. The zero-order valence-electron chi connectivity index (χ0n) is 9.90. The lowest BCUT2D eigenvalue weighted by Gasteiger charge is -2.34. The first-order valence-electron chi connectivity index (χ1n) is 5.37. The van der Waals surface area contributed by atoms with E-state index in [-0.39, 0.29) is 0 Å². The Labute approximate surface area is 95.4 Å². The third-order valence-electron chi connectivity index (χ3n) is 2.21. The minimum absolute atomic E-state index is 0.433. The van der Waals surface area contributed by atoms with Gasteiger partial charge in [-0.15, -0.1) is 0 Å². The highest BCUT2D eigenvalue weighted by Gasteiger charge is 2.34. The molecule has 1 unspecified atom stereocenters. The number of carboxylic acid groups (broad SMARTS) is 1. The van der Waals surface area contributed by atoms with Crippen LogP contribution in [-0.4, -0.2) is 40.3 Å². The maximum atomic E-state index is 11.7. The second kappa shape index (κ2) is 4.72. The van der Waals surface area contributed by atoms with Crippen LogP contribution in [0.15, 0.2) is 0 Å². The van der Waals surface area contributed by atoms with Crippen LogP contribution in [0.2, 0.25) is 0 Å². The normalized spacial score (nSPS) is 21.7. The van der Waals surface area contributed by atoms with Crippen molar-refractivity contribution in [3.05, 3.63) is 6.42 Å². The van der Waals surface area contributed by atoms with Crippen molar-refractivity contribution in [2.24, 2.45) is 0 Å². The second-order valence-corrected chi connectivity index (χ2v) is 4.83. The maximum Gasteiger partial charge on any atom is 0.411 e. The summed E-state index contributed by atoms with van der Waals surface area (Å²) in [7, 11) is 0. The Morgan fingerprint density at radius 2 is 2.06 bits per heavy atom. The number of piperidine rings is 1. The maximum absolute atomic E-state index is 11.7. The molecule has 1 atom stereocenters. The molecule has 1 aliphatic heterocycles. The van der Waals surface area contributed by atoms with Gasteiger partial charge in [-0.2, -0.15) is 0 Å². The molecule has 5 heteroatoms.